The van der Waals surface area contributed by atoms with Gasteiger partial charge in [0, 0.05) is 18.8 Å². The molecule has 28 heavy (non-hydrogen) atoms. The molecule has 1 aliphatic rings. The maximum atomic E-state index is 12.6. The van der Waals surface area contributed by atoms with Gasteiger partial charge in [-0.2, -0.15) is 4.40 Å². The van der Waals surface area contributed by atoms with Crippen LogP contribution in [0.15, 0.2) is 40.9 Å². The molecule has 9 nitrogen and oxygen atoms in total. The Labute approximate surface area is 165 Å². The minimum atomic E-state index is -1.60. The summed E-state index contributed by atoms with van der Waals surface area (Å²) >= 11 is -1.60. The summed E-state index contributed by atoms with van der Waals surface area (Å²) in [6.45, 7) is 3.89. The van der Waals surface area contributed by atoms with Crippen molar-refractivity contribution in [3.8, 4) is 5.75 Å². The molecule has 1 aromatic carbocycles. The van der Waals surface area contributed by atoms with Gasteiger partial charge in [0.15, 0.2) is 0 Å². The average Bonchev–Trinajstić information content (AvgIpc) is 2.65. The summed E-state index contributed by atoms with van der Waals surface area (Å²) < 4.78 is 24.1. The van der Waals surface area contributed by atoms with Crippen molar-refractivity contribution in [3.05, 3.63) is 47.7 Å². The predicted octanol–water partition coefficient (Wildman–Crippen LogP) is 1.42. The molecule has 3 rings (SSSR count). The van der Waals surface area contributed by atoms with Gasteiger partial charge in [-0.3, -0.25) is 9.52 Å². The first-order valence-electron chi connectivity index (χ1n) is 8.54. The first-order chi connectivity index (χ1) is 13.3. The number of amides is 1. The van der Waals surface area contributed by atoms with Gasteiger partial charge in [0.05, 0.1) is 16.8 Å². The largest absolute Gasteiger partial charge is 0.490 e. The fourth-order valence-electron chi connectivity index (χ4n) is 2.63. The van der Waals surface area contributed by atoms with E-state index in [-0.39, 0.29) is 18.3 Å². The van der Waals surface area contributed by atoms with E-state index in [1.807, 2.05) is 13.8 Å². The van der Waals surface area contributed by atoms with E-state index in [1.165, 1.54) is 0 Å². The van der Waals surface area contributed by atoms with E-state index in [1.54, 1.807) is 43.6 Å². The fraction of sp³-hybridized carbons (Fsp3) is 0.278. The molecule has 2 aromatic rings. The molecule has 1 unspecified atom stereocenters. The van der Waals surface area contributed by atoms with Crippen molar-refractivity contribution in [2.24, 2.45) is 10.1 Å². The summed E-state index contributed by atoms with van der Waals surface area (Å²) in [5.74, 6) is 1.01. The lowest BCUT2D eigenvalue weighted by atomic mass is 10.1. The number of fused-ring (bicyclic) bond motifs is 1. The number of rotatable bonds is 6. The highest BCUT2D eigenvalue weighted by Crippen LogP contribution is 2.30. The van der Waals surface area contributed by atoms with Gasteiger partial charge in [0.2, 0.25) is 11.2 Å². The second-order valence-electron chi connectivity index (χ2n) is 6.81. The van der Waals surface area contributed by atoms with Crippen molar-refractivity contribution in [3.63, 3.8) is 0 Å². The number of hydrogen-bond acceptors (Lipinski definition) is 6. The SMILES string of the molecule is CNc1cc(C(=O)NC(C)(C)COc2cccc3c2C(N)=NS(=O)N3)ccn1. The molecule has 1 aliphatic heterocycles. The molecule has 0 fully saturated rings. The topological polar surface area (TPSA) is 131 Å². The molecule has 5 N–H and O–H groups in total. The van der Waals surface area contributed by atoms with Crippen LogP contribution in [-0.4, -0.2) is 40.1 Å². The Morgan fingerprint density at radius 3 is 2.89 bits per heavy atom. The zero-order chi connectivity index (χ0) is 20.3. The fourth-order valence-corrected chi connectivity index (χ4v) is 3.31. The molecule has 0 bridgehead atoms. The standard InChI is InChI=1S/C18H22N6O3S/c1-18(2,22-17(25)11-7-8-21-14(9-11)20-3)10-27-13-6-4-5-12-15(13)16(19)24-28(26)23-12/h4-9,23H,10H2,1-3H3,(H2,19,24)(H,20,21)(H,22,25). The normalized spacial score (nSPS) is 15.7. The van der Waals surface area contributed by atoms with E-state index in [0.29, 0.717) is 28.4 Å². The molecule has 0 saturated carbocycles. The molecular weight excluding hydrogens is 380 g/mol. The Kier molecular flexibility index (Phi) is 5.50. The average molecular weight is 402 g/mol. The third-order valence-electron chi connectivity index (χ3n) is 3.98. The lowest BCUT2D eigenvalue weighted by Crippen LogP contribution is -2.48. The number of nitrogens with zero attached hydrogens (tertiary/aromatic N) is 2. The third kappa shape index (κ3) is 4.39. The molecule has 148 valence electrons. The van der Waals surface area contributed by atoms with Crippen molar-refractivity contribution >= 4 is 34.4 Å². The molecule has 0 spiro atoms. The van der Waals surface area contributed by atoms with Gasteiger partial charge < -0.3 is 21.1 Å². The molecule has 2 heterocycles. The van der Waals surface area contributed by atoms with Crippen molar-refractivity contribution in [1.29, 1.82) is 0 Å². The summed E-state index contributed by atoms with van der Waals surface area (Å²) in [5.41, 5.74) is 6.88. The highest BCUT2D eigenvalue weighted by Gasteiger charge is 2.25. The molecule has 0 radical (unpaired) electrons. The van der Waals surface area contributed by atoms with Gasteiger partial charge in [-0.25, -0.2) is 9.19 Å². The van der Waals surface area contributed by atoms with Gasteiger partial charge in [-0.05, 0) is 38.1 Å². The minimum Gasteiger partial charge on any atom is -0.490 e. The van der Waals surface area contributed by atoms with Crippen LogP contribution in [-0.2, 0) is 11.2 Å². The van der Waals surface area contributed by atoms with Crippen LogP contribution in [0.5, 0.6) is 5.75 Å². The number of aromatic nitrogens is 1. The predicted molar refractivity (Wildman–Crippen MR) is 110 cm³/mol. The van der Waals surface area contributed by atoms with Crippen LogP contribution in [0.2, 0.25) is 0 Å². The van der Waals surface area contributed by atoms with E-state index in [9.17, 15) is 9.00 Å². The smallest absolute Gasteiger partial charge is 0.252 e. The summed E-state index contributed by atoms with van der Waals surface area (Å²) in [6, 6.07) is 8.57. The Morgan fingerprint density at radius 2 is 2.14 bits per heavy atom. The number of ether oxygens (including phenoxy) is 1. The van der Waals surface area contributed by atoms with Gasteiger partial charge in [-0.1, -0.05) is 6.07 Å². The summed E-state index contributed by atoms with van der Waals surface area (Å²) in [6.07, 6.45) is 1.57. The zero-order valence-corrected chi connectivity index (χ0v) is 16.6. The molecule has 1 atom stereocenters. The Morgan fingerprint density at radius 1 is 1.36 bits per heavy atom. The lowest BCUT2D eigenvalue weighted by Gasteiger charge is -2.27. The van der Waals surface area contributed by atoms with Crippen LogP contribution in [0.25, 0.3) is 0 Å². The van der Waals surface area contributed by atoms with E-state index in [0.717, 1.165) is 0 Å². The molecule has 1 aromatic heterocycles. The van der Waals surface area contributed by atoms with Crippen molar-refractivity contribution in [2.75, 3.05) is 23.7 Å². The Bertz CT molecular complexity index is 960. The highest BCUT2D eigenvalue weighted by atomic mass is 32.2. The zero-order valence-electron chi connectivity index (χ0n) is 15.8. The number of nitrogens with two attached hydrogens (primary N) is 1. The van der Waals surface area contributed by atoms with Crippen molar-refractivity contribution in [2.45, 2.75) is 19.4 Å². The van der Waals surface area contributed by atoms with Gasteiger partial charge in [0.1, 0.15) is 24.0 Å². The van der Waals surface area contributed by atoms with Crippen LogP contribution in [0.1, 0.15) is 29.8 Å². The lowest BCUT2D eigenvalue weighted by molar-refractivity contribution is 0.0880. The van der Waals surface area contributed by atoms with Crippen LogP contribution < -0.4 is 25.8 Å². The molecule has 1 amide bonds. The maximum Gasteiger partial charge on any atom is 0.252 e. The van der Waals surface area contributed by atoms with Crippen molar-refractivity contribution in [1.82, 2.24) is 10.3 Å². The molecule has 0 aliphatic carbocycles. The molecule has 10 heteroatoms. The minimum absolute atomic E-state index is 0.140. The van der Waals surface area contributed by atoms with Crippen LogP contribution in [0.3, 0.4) is 0 Å². The third-order valence-corrected chi connectivity index (χ3v) is 4.74. The second kappa shape index (κ2) is 7.85. The summed E-state index contributed by atoms with van der Waals surface area (Å²) in [5, 5.41) is 5.85. The van der Waals surface area contributed by atoms with Gasteiger partial charge in [-0.15, -0.1) is 0 Å². The second-order valence-corrected chi connectivity index (χ2v) is 7.70. The molecule has 0 saturated heterocycles. The number of carbonyl (C=O) groups is 1. The molecular formula is C18H22N6O3S. The van der Waals surface area contributed by atoms with Gasteiger partial charge >= 0.3 is 0 Å². The number of hydrogen-bond donors (Lipinski definition) is 4. The Hall–Kier alpha value is -3.14. The van der Waals surface area contributed by atoms with E-state index < -0.39 is 16.7 Å². The number of benzene rings is 1. The first kappa shape index (κ1) is 19.6. The van der Waals surface area contributed by atoms with E-state index in [4.69, 9.17) is 10.5 Å². The number of pyridine rings is 1. The monoisotopic (exact) mass is 402 g/mol. The van der Waals surface area contributed by atoms with Crippen LogP contribution in [0, 0.1) is 0 Å². The highest BCUT2D eigenvalue weighted by molar-refractivity contribution is 7.85. The summed E-state index contributed by atoms with van der Waals surface area (Å²) in [7, 11) is 1.74. The number of anilines is 2. The van der Waals surface area contributed by atoms with Crippen molar-refractivity contribution < 1.29 is 13.7 Å². The van der Waals surface area contributed by atoms with E-state index >= 15 is 0 Å². The van der Waals surface area contributed by atoms with E-state index in [2.05, 4.69) is 24.7 Å². The quantitative estimate of drug-likeness (QED) is 0.578. The maximum absolute atomic E-state index is 12.6. The number of nitrogens with one attached hydrogen (secondary N) is 3. The Balaban J connectivity index is 1.71. The van der Waals surface area contributed by atoms with Crippen LogP contribution in [0.4, 0.5) is 11.5 Å². The summed E-state index contributed by atoms with van der Waals surface area (Å²) in [4.78, 5) is 16.7. The van der Waals surface area contributed by atoms with Gasteiger partial charge in [0.25, 0.3) is 5.91 Å². The number of amidine groups is 1. The number of carbonyl (C=O) groups excluding carboxylic acids is 1. The van der Waals surface area contributed by atoms with Crippen LogP contribution >= 0.6 is 0 Å². The first-order valence-corrected chi connectivity index (χ1v) is 9.65.